The lowest BCUT2D eigenvalue weighted by Gasteiger charge is -2.11. The van der Waals surface area contributed by atoms with Crippen LogP contribution in [0.1, 0.15) is 22.9 Å². The minimum Gasteiger partial charge on any atom is -0.388 e. The zero-order chi connectivity index (χ0) is 12.3. The van der Waals surface area contributed by atoms with Crippen molar-refractivity contribution in [1.29, 1.82) is 0 Å². The Hall–Kier alpha value is -1.19. The normalized spacial score (nSPS) is 12.4. The van der Waals surface area contributed by atoms with E-state index in [0.29, 0.717) is 6.42 Å². The summed E-state index contributed by atoms with van der Waals surface area (Å²) in [5.74, 6) is 0. The highest BCUT2D eigenvalue weighted by molar-refractivity contribution is 9.10. The van der Waals surface area contributed by atoms with E-state index in [1.54, 1.807) is 6.20 Å². The van der Waals surface area contributed by atoms with E-state index in [2.05, 4.69) is 20.9 Å². The first kappa shape index (κ1) is 12.3. The third-order valence-corrected chi connectivity index (χ3v) is 3.12. The van der Waals surface area contributed by atoms with Crippen LogP contribution < -0.4 is 0 Å². The van der Waals surface area contributed by atoms with Gasteiger partial charge in [0.05, 0.1) is 6.10 Å². The van der Waals surface area contributed by atoms with Crippen molar-refractivity contribution in [2.75, 3.05) is 0 Å². The van der Waals surface area contributed by atoms with Crippen molar-refractivity contribution in [3.63, 3.8) is 0 Å². The quantitative estimate of drug-likeness (QED) is 0.940. The van der Waals surface area contributed by atoms with Gasteiger partial charge in [-0.3, -0.25) is 4.98 Å². The summed E-state index contributed by atoms with van der Waals surface area (Å²) in [5, 5.41) is 10.1. The molecule has 3 heteroatoms. The van der Waals surface area contributed by atoms with E-state index >= 15 is 0 Å². The maximum Gasteiger partial charge on any atom is 0.0831 e. The topological polar surface area (TPSA) is 33.1 Å². The molecule has 1 N–H and O–H groups in total. The molecule has 0 saturated carbocycles. The van der Waals surface area contributed by atoms with Crippen molar-refractivity contribution in [3.8, 4) is 0 Å². The summed E-state index contributed by atoms with van der Waals surface area (Å²) in [5.41, 5.74) is 2.95. The Morgan fingerprint density at radius 1 is 1.29 bits per heavy atom. The summed E-state index contributed by atoms with van der Waals surface area (Å²) >= 11 is 3.43. The Balaban J connectivity index is 2.14. The number of benzene rings is 1. The van der Waals surface area contributed by atoms with Gasteiger partial charge in [-0.2, -0.15) is 0 Å². The summed E-state index contributed by atoms with van der Waals surface area (Å²) < 4.78 is 1.04. The first-order valence-corrected chi connectivity index (χ1v) is 6.29. The second-order valence-electron chi connectivity index (χ2n) is 4.08. The maximum atomic E-state index is 10.1. The van der Waals surface area contributed by atoms with Crippen LogP contribution in [-0.2, 0) is 6.42 Å². The molecular formula is C14H14BrNO. The van der Waals surface area contributed by atoms with E-state index in [0.717, 1.165) is 21.3 Å². The highest BCUT2D eigenvalue weighted by Gasteiger charge is 2.09. The van der Waals surface area contributed by atoms with Gasteiger partial charge in [0.25, 0.3) is 0 Å². The molecular weight excluding hydrogens is 278 g/mol. The number of nitrogens with zero attached hydrogens (tertiary/aromatic N) is 1. The fraction of sp³-hybridized carbons (Fsp3) is 0.214. The van der Waals surface area contributed by atoms with Crippen molar-refractivity contribution < 1.29 is 5.11 Å². The Morgan fingerprint density at radius 2 is 2.12 bits per heavy atom. The zero-order valence-corrected chi connectivity index (χ0v) is 11.2. The van der Waals surface area contributed by atoms with E-state index in [1.807, 2.05) is 43.3 Å². The molecule has 0 saturated heterocycles. The second kappa shape index (κ2) is 5.43. The molecule has 0 aliphatic heterocycles. The lowest BCUT2D eigenvalue weighted by atomic mass is 10.0. The molecule has 0 bridgehead atoms. The van der Waals surface area contributed by atoms with Crippen LogP contribution in [0.5, 0.6) is 0 Å². The van der Waals surface area contributed by atoms with Crippen LogP contribution >= 0.6 is 15.9 Å². The summed E-state index contributed by atoms with van der Waals surface area (Å²) in [6.07, 6.45) is 1.86. The standard InChI is InChI=1S/C14H14BrNO/c1-10-7-12(5-6-16-10)14(17)9-11-3-2-4-13(15)8-11/h2-8,14,17H,9H2,1H3. The van der Waals surface area contributed by atoms with E-state index in [9.17, 15) is 5.11 Å². The highest BCUT2D eigenvalue weighted by atomic mass is 79.9. The van der Waals surface area contributed by atoms with Crippen LogP contribution in [0, 0.1) is 6.92 Å². The molecule has 0 amide bonds. The number of aliphatic hydroxyl groups excluding tert-OH is 1. The molecule has 1 aromatic heterocycles. The van der Waals surface area contributed by atoms with Gasteiger partial charge in [0.15, 0.2) is 0 Å². The first-order valence-electron chi connectivity index (χ1n) is 5.50. The number of rotatable bonds is 3. The molecule has 0 aliphatic carbocycles. The van der Waals surface area contributed by atoms with Crippen molar-refractivity contribution in [2.45, 2.75) is 19.4 Å². The third kappa shape index (κ3) is 3.38. The SMILES string of the molecule is Cc1cc(C(O)Cc2cccc(Br)c2)ccn1. The van der Waals surface area contributed by atoms with Gasteiger partial charge in [-0.15, -0.1) is 0 Å². The summed E-state index contributed by atoms with van der Waals surface area (Å²) in [6, 6.07) is 11.8. The van der Waals surface area contributed by atoms with Gasteiger partial charge in [-0.1, -0.05) is 28.1 Å². The van der Waals surface area contributed by atoms with Crippen LogP contribution in [0.4, 0.5) is 0 Å². The van der Waals surface area contributed by atoms with Gasteiger partial charge in [-0.05, 0) is 42.3 Å². The third-order valence-electron chi connectivity index (χ3n) is 2.62. The van der Waals surface area contributed by atoms with Gasteiger partial charge >= 0.3 is 0 Å². The number of hydrogen-bond donors (Lipinski definition) is 1. The minimum absolute atomic E-state index is 0.481. The zero-order valence-electron chi connectivity index (χ0n) is 9.60. The molecule has 2 rings (SSSR count). The van der Waals surface area contributed by atoms with Crippen molar-refractivity contribution >= 4 is 15.9 Å². The molecule has 1 atom stereocenters. The maximum absolute atomic E-state index is 10.1. The molecule has 0 spiro atoms. The largest absolute Gasteiger partial charge is 0.388 e. The fourth-order valence-corrected chi connectivity index (χ4v) is 2.23. The Kier molecular flexibility index (Phi) is 3.92. The highest BCUT2D eigenvalue weighted by Crippen LogP contribution is 2.20. The lowest BCUT2D eigenvalue weighted by Crippen LogP contribution is -2.02. The monoisotopic (exact) mass is 291 g/mol. The summed E-state index contributed by atoms with van der Waals surface area (Å²) in [6.45, 7) is 1.93. The Labute approximate surface area is 109 Å². The summed E-state index contributed by atoms with van der Waals surface area (Å²) in [7, 11) is 0. The van der Waals surface area contributed by atoms with Crippen LogP contribution in [0.2, 0.25) is 0 Å². The van der Waals surface area contributed by atoms with Crippen molar-refractivity contribution in [3.05, 3.63) is 63.9 Å². The molecule has 2 aromatic rings. The molecule has 2 nitrogen and oxygen atoms in total. The van der Waals surface area contributed by atoms with Gasteiger partial charge in [-0.25, -0.2) is 0 Å². The van der Waals surface area contributed by atoms with Gasteiger partial charge in [0, 0.05) is 22.8 Å². The molecule has 17 heavy (non-hydrogen) atoms. The molecule has 0 aliphatic rings. The smallest absolute Gasteiger partial charge is 0.0831 e. The minimum atomic E-state index is -0.481. The van der Waals surface area contributed by atoms with Crippen molar-refractivity contribution in [1.82, 2.24) is 4.98 Å². The Morgan fingerprint density at radius 3 is 2.82 bits per heavy atom. The van der Waals surface area contributed by atoms with Gasteiger partial charge < -0.3 is 5.11 Å². The average Bonchev–Trinajstić information content (AvgIpc) is 2.29. The molecule has 88 valence electrons. The van der Waals surface area contributed by atoms with Crippen LogP contribution in [0.15, 0.2) is 47.1 Å². The number of hydrogen-bond acceptors (Lipinski definition) is 2. The van der Waals surface area contributed by atoms with E-state index in [1.165, 1.54) is 0 Å². The van der Waals surface area contributed by atoms with Crippen molar-refractivity contribution in [2.24, 2.45) is 0 Å². The van der Waals surface area contributed by atoms with Gasteiger partial charge in [0.2, 0.25) is 0 Å². The van der Waals surface area contributed by atoms with E-state index < -0.39 is 6.10 Å². The number of aromatic nitrogens is 1. The molecule has 0 fully saturated rings. The number of pyridine rings is 1. The molecule has 0 radical (unpaired) electrons. The predicted molar refractivity (Wildman–Crippen MR) is 71.8 cm³/mol. The van der Waals surface area contributed by atoms with Gasteiger partial charge in [0.1, 0.15) is 0 Å². The molecule has 1 aromatic carbocycles. The van der Waals surface area contributed by atoms with Crippen LogP contribution in [-0.4, -0.2) is 10.1 Å². The average molecular weight is 292 g/mol. The van der Waals surface area contributed by atoms with Crippen LogP contribution in [0.3, 0.4) is 0 Å². The number of halogens is 1. The fourth-order valence-electron chi connectivity index (χ4n) is 1.78. The first-order chi connectivity index (χ1) is 8.15. The molecule has 1 heterocycles. The number of aryl methyl sites for hydroxylation is 1. The second-order valence-corrected chi connectivity index (χ2v) is 5.00. The number of aliphatic hydroxyl groups is 1. The predicted octanol–water partition coefficient (Wildman–Crippen LogP) is 3.43. The summed E-state index contributed by atoms with van der Waals surface area (Å²) in [4.78, 5) is 4.12. The van der Waals surface area contributed by atoms with Crippen LogP contribution in [0.25, 0.3) is 0 Å². The lowest BCUT2D eigenvalue weighted by molar-refractivity contribution is 0.178. The van der Waals surface area contributed by atoms with E-state index in [4.69, 9.17) is 0 Å². The van der Waals surface area contributed by atoms with E-state index in [-0.39, 0.29) is 0 Å². The molecule has 1 unspecified atom stereocenters. The Bertz CT molecular complexity index is 513.